The molecule has 0 amide bonds. The lowest BCUT2D eigenvalue weighted by atomic mass is 10.1. The van der Waals surface area contributed by atoms with E-state index >= 15 is 0 Å². The van der Waals surface area contributed by atoms with Crippen molar-refractivity contribution in [3.8, 4) is 0 Å². The summed E-state index contributed by atoms with van der Waals surface area (Å²) in [6.45, 7) is 4.35. The van der Waals surface area contributed by atoms with Crippen molar-refractivity contribution in [3.63, 3.8) is 0 Å². The van der Waals surface area contributed by atoms with Crippen LogP contribution in [0, 0.1) is 0 Å². The summed E-state index contributed by atoms with van der Waals surface area (Å²) in [7, 11) is 0. The fourth-order valence-electron chi connectivity index (χ4n) is 2.38. The molecule has 1 saturated heterocycles. The fraction of sp³-hybridized carbons (Fsp3) is 0.571. The van der Waals surface area contributed by atoms with Crippen LogP contribution in [0.4, 0.5) is 0 Å². The fourth-order valence-corrected chi connectivity index (χ4v) is 2.38. The van der Waals surface area contributed by atoms with Gasteiger partial charge in [0.1, 0.15) is 0 Å². The van der Waals surface area contributed by atoms with Crippen LogP contribution in [-0.4, -0.2) is 48.8 Å². The lowest BCUT2D eigenvalue weighted by Crippen LogP contribution is -2.43. The van der Waals surface area contributed by atoms with Crippen LogP contribution in [0.25, 0.3) is 0 Å². The molecule has 0 radical (unpaired) electrons. The standard InChI is InChI=1S/C14H22N2O/c17-12-14-11-15-8-4-9-16(14)10-7-13-5-2-1-3-6-13/h1-3,5-6,14-15,17H,4,7-12H2. The maximum atomic E-state index is 9.40. The van der Waals surface area contributed by atoms with Gasteiger partial charge in [-0.25, -0.2) is 0 Å². The lowest BCUT2D eigenvalue weighted by Gasteiger charge is -2.28. The van der Waals surface area contributed by atoms with E-state index < -0.39 is 0 Å². The molecule has 1 aliphatic rings. The summed E-state index contributed by atoms with van der Waals surface area (Å²) in [5, 5.41) is 12.8. The molecule has 1 atom stereocenters. The highest BCUT2D eigenvalue weighted by Gasteiger charge is 2.19. The Labute approximate surface area is 103 Å². The molecule has 2 N–H and O–H groups in total. The van der Waals surface area contributed by atoms with Crippen LogP contribution in [-0.2, 0) is 6.42 Å². The molecule has 17 heavy (non-hydrogen) atoms. The van der Waals surface area contributed by atoms with Gasteiger partial charge in [-0.1, -0.05) is 30.3 Å². The second kappa shape index (κ2) is 6.74. The molecule has 0 spiro atoms. The number of rotatable bonds is 4. The molecule has 0 aliphatic carbocycles. The van der Waals surface area contributed by atoms with Crippen molar-refractivity contribution < 1.29 is 5.11 Å². The quantitative estimate of drug-likeness (QED) is 0.812. The highest BCUT2D eigenvalue weighted by atomic mass is 16.3. The first-order valence-corrected chi connectivity index (χ1v) is 6.49. The number of benzene rings is 1. The summed E-state index contributed by atoms with van der Waals surface area (Å²) in [5.41, 5.74) is 1.38. The molecule has 3 heteroatoms. The third-order valence-electron chi connectivity index (χ3n) is 3.44. The Balaban J connectivity index is 1.87. The molecular formula is C14H22N2O. The topological polar surface area (TPSA) is 35.5 Å². The van der Waals surface area contributed by atoms with Crippen LogP contribution in [0.3, 0.4) is 0 Å². The number of nitrogens with one attached hydrogen (secondary N) is 1. The van der Waals surface area contributed by atoms with Crippen molar-refractivity contribution in [2.24, 2.45) is 0 Å². The summed E-state index contributed by atoms with van der Waals surface area (Å²) in [6, 6.07) is 10.8. The van der Waals surface area contributed by atoms with Crippen molar-refractivity contribution in [3.05, 3.63) is 35.9 Å². The Hall–Kier alpha value is -0.900. The first-order chi connectivity index (χ1) is 8.40. The SMILES string of the molecule is OCC1CNCCCN1CCc1ccccc1. The predicted molar refractivity (Wildman–Crippen MR) is 70.1 cm³/mol. The van der Waals surface area contributed by atoms with E-state index in [1.807, 2.05) is 0 Å². The van der Waals surface area contributed by atoms with Gasteiger partial charge in [-0.2, -0.15) is 0 Å². The molecule has 0 aromatic heterocycles. The monoisotopic (exact) mass is 234 g/mol. The average molecular weight is 234 g/mol. The van der Waals surface area contributed by atoms with Crippen molar-refractivity contribution >= 4 is 0 Å². The van der Waals surface area contributed by atoms with Gasteiger partial charge in [0.15, 0.2) is 0 Å². The highest BCUT2D eigenvalue weighted by Crippen LogP contribution is 2.07. The summed E-state index contributed by atoms with van der Waals surface area (Å²) < 4.78 is 0. The van der Waals surface area contributed by atoms with Crippen LogP contribution in [0.5, 0.6) is 0 Å². The summed E-state index contributed by atoms with van der Waals surface area (Å²) in [5.74, 6) is 0. The third kappa shape index (κ3) is 3.80. The molecule has 0 bridgehead atoms. The smallest absolute Gasteiger partial charge is 0.0599 e. The van der Waals surface area contributed by atoms with Gasteiger partial charge < -0.3 is 10.4 Å². The third-order valence-corrected chi connectivity index (χ3v) is 3.44. The average Bonchev–Trinajstić information content (AvgIpc) is 2.62. The summed E-state index contributed by atoms with van der Waals surface area (Å²) >= 11 is 0. The number of aliphatic hydroxyl groups is 1. The maximum Gasteiger partial charge on any atom is 0.0599 e. The molecule has 1 fully saturated rings. The number of hydrogen-bond acceptors (Lipinski definition) is 3. The van der Waals surface area contributed by atoms with Crippen molar-refractivity contribution in [2.45, 2.75) is 18.9 Å². The summed E-state index contributed by atoms with van der Waals surface area (Å²) in [4.78, 5) is 2.41. The zero-order valence-corrected chi connectivity index (χ0v) is 10.3. The molecule has 1 aromatic carbocycles. The molecule has 0 saturated carbocycles. The minimum Gasteiger partial charge on any atom is -0.395 e. The van der Waals surface area contributed by atoms with E-state index in [0.29, 0.717) is 0 Å². The largest absolute Gasteiger partial charge is 0.395 e. The van der Waals surface area contributed by atoms with Gasteiger partial charge in [0, 0.05) is 19.1 Å². The van der Waals surface area contributed by atoms with Gasteiger partial charge >= 0.3 is 0 Å². The van der Waals surface area contributed by atoms with Crippen LogP contribution in [0.15, 0.2) is 30.3 Å². The Kier molecular flexibility index (Phi) is 4.98. The van der Waals surface area contributed by atoms with Gasteiger partial charge in [-0.05, 0) is 31.5 Å². The maximum absolute atomic E-state index is 9.40. The first-order valence-electron chi connectivity index (χ1n) is 6.49. The second-order valence-electron chi connectivity index (χ2n) is 4.67. The Morgan fingerprint density at radius 2 is 2.12 bits per heavy atom. The molecule has 2 rings (SSSR count). The Morgan fingerprint density at radius 1 is 1.29 bits per heavy atom. The number of nitrogens with zero attached hydrogens (tertiary/aromatic N) is 1. The highest BCUT2D eigenvalue weighted by molar-refractivity contribution is 5.14. The molecule has 1 unspecified atom stereocenters. The summed E-state index contributed by atoms with van der Waals surface area (Å²) in [6.07, 6.45) is 2.24. The minimum absolute atomic E-state index is 0.252. The van der Waals surface area contributed by atoms with E-state index in [1.54, 1.807) is 0 Å². The van der Waals surface area contributed by atoms with E-state index in [2.05, 4.69) is 40.5 Å². The number of hydrogen-bond donors (Lipinski definition) is 2. The zero-order chi connectivity index (χ0) is 11.9. The van der Waals surface area contributed by atoms with Gasteiger partial charge in [-0.3, -0.25) is 4.90 Å². The van der Waals surface area contributed by atoms with E-state index in [-0.39, 0.29) is 12.6 Å². The van der Waals surface area contributed by atoms with Gasteiger partial charge in [0.05, 0.1) is 6.61 Å². The van der Waals surface area contributed by atoms with Gasteiger partial charge in [0.25, 0.3) is 0 Å². The zero-order valence-electron chi connectivity index (χ0n) is 10.3. The van der Waals surface area contributed by atoms with Crippen LogP contribution in [0.1, 0.15) is 12.0 Å². The number of aliphatic hydroxyl groups excluding tert-OH is 1. The first kappa shape index (κ1) is 12.6. The van der Waals surface area contributed by atoms with Crippen molar-refractivity contribution in [1.82, 2.24) is 10.2 Å². The van der Waals surface area contributed by atoms with Crippen molar-refractivity contribution in [2.75, 3.05) is 32.8 Å². The normalized spacial score (nSPS) is 22.3. The van der Waals surface area contributed by atoms with E-state index in [0.717, 1.165) is 32.6 Å². The lowest BCUT2D eigenvalue weighted by molar-refractivity contribution is 0.133. The van der Waals surface area contributed by atoms with E-state index in [9.17, 15) is 5.11 Å². The molecular weight excluding hydrogens is 212 g/mol. The molecule has 94 valence electrons. The second-order valence-corrected chi connectivity index (χ2v) is 4.67. The molecule has 1 heterocycles. The van der Waals surface area contributed by atoms with Gasteiger partial charge in [-0.15, -0.1) is 0 Å². The predicted octanol–water partition coefficient (Wildman–Crippen LogP) is 0.885. The molecule has 1 aliphatic heterocycles. The minimum atomic E-state index is 0.252. The molecule has 1 aromatic rings. The van der Waals surface area contributed by atoms with Crippen LogP contribution in [0.2, 0.25) is 0 Å². The Morgan fingerprint density at radius 3 is 2.88 bits per heavy atom. The van der Waals surface area contributed by atoms with Gasteiger partial charge in [0.2, 0.25) is 0 Å². The Bertz CT molecular complexity index is 315. The van der Waals surface area contributed by atoms with E-state index in [4.69, 9.17) is 0 Å². The van der Waals surface area contributed by atoms with E-state index in [1.165, 1.54) is 12.0 Å². The molecule has 3 nitrogen and oxygen atoms in total. The van der Waals surface area contributed by atoms with Crippen LogP contribution < -0.4 is 5.32 Å². The van der Waals surface area contributed by atoms with Crippen LogP contribution >= 0.6 is 0 Å². The van der Waals surface area contributed by atoms with Crippen molar-refractivity contribution in [1.29, 1.82) is 0 Å².